The summed E-state index contributed by atoms with van der Waals surface area (Å²) < 4.78 is 0. The minimum absolute atomic E-state index is 0.460. The molecule has 0 aliphatic heterocycles. The van der Waals surface area contributed by atoms with Crippen LogP contribution < -0.4 is 5.32 Å². The minimum atomic E-state index is 0.460. The van der Waals surface area contributed by atoms with Crippen LogP contribution in [0, 0.1) is 0 Å². The summed E-state index contributed by atoms with van der Waals surface area (Å²) in [5.74, 6) is 0.462. The van der Waals surface area contributed by atoms with Gasteiger partial charge in [0, 0.05) is 18.2 Å². The van der Waals surface area contributed by atoms with Gasteiger partial charge in [-0.25, -0.2) is 0 Å². The van der Waals surface area contributed by atoms with E-state index in [2.05, 4.69) is 42.4 Å². The monoisotopic (exact) mass is 193 g/mol. The third-order valence-corrected chi connectivity index (χ3v) is 2.54. The van der Waals surface area contributed by atoms with Crippen LogP contribution in [0.25, 0.3) is 0 Å². The fourth-order valence-electron chi connectivity index (χ4n) is 1.79. The molecule has 3 nitrogen and oxygen atoms in total. The van der Waals surface area contributed by atoms with Gasteiger partial charge < -0.3 is 5.32 Å². The highest BCUT2D eigenvalue weighted by Crippen LogP contribution is 2.20. The molecule has 1 aromatic heterocycles. The maximum Gasteiger partial charge on any atom is 0.0677 e. The van der Waals surface area contributed by atoms with Crippen molar-refractivity contribution in [3.05, 3.63) is 24.0 Å². The molecular weight excluding hydrogens is 174 g/mol. The molecule has 78 valence electrons. The normalized spacial score (nSPS) is 15.1. The molecule has 14 heavy (non-hydrogen) atoms. The van der Waals surface area contributed by atoms with Crippen LogP contribution in [-0.2, 0) is 0 Å². The van der Waals surface area contributed by atoms with Crippen molar-refractivity contribution in [3.63, 3.8) is 0 Å². The van der Waals surface area contributed by atoms with Crippen molar-refractivity contribution in [3.8, 4) is 0 Å². The fourth-order valence-corrected chi connectivity index (χ4v) is 1.79. The molecule has 0 amide bonds. The van der Waals surface area contributed by atoms with E-state index in [-0.39, 0.29) is 0 Å². The zero-order chi connectivity index (χ0) is 10.4. The molecule has 1 aromatic rings. The van der Waals surface area contributed by atoms with Gasteiger partial charge in [-0.05, 0) is 32.0 Å². The highest BCUT2D eigenvalue weighted by atomic mass is 15.1. The number of hydrogen-bond acceptors (Lipinski definition) is 3. The SMILES string of the molecule is CCNC(C)C(CC)c1cccnn1. The highest BCUT2D eigenvalue weighted by molar-refractivity contribution is 5.08. The first kappa shape index (κ1) is 11.1. The Balaban J connectivity index is 2.71. The Morgan fingerprint density at radius 2 is 2.21 bits per heavy atom. The van der Waals surface area contributed by atoms with Crippen molar-refractivity contribution < 1.29 is 0 Å². The van der Waals surface area contributed by atoms with Gasteiger partial charge in [0.2, 0.25) is 0 Å². The van der Waals surface area contributed by atoms with Crippen LogP contribution in [0.4, 0.5) is 0 Å². The third kappa shape index (κ3) is 2.77. The molecule has 0 saturated heterocycles. The van der Waals surface area contributed by atoms with E-state index in [1.165, 1.54) is 0 Å². The second-order valence-electron chi connectivity index (χ2n) is 3.51. The Bertz CT molecular complexity index is 248. The topological polar surface area (TPSA) is 37.8 Å². The number of nitrogens with one attached hydrogen (secondary N) is 1. The van der Waals surface area contributed by atoms with E-state index in [0.29, 0.717) is 12.0 Å². The quantitative estimate of drug-likeness (QED) is 0.777. The predicted molar refractivity (Wildman–Crippen MR) is 58.2 cm³/mol. The van der Waals surface area contributed by atoms with Crippen LogP contribution in [-0.4, -0.2) is 22.8 Å². The molecule has 0 radical (unpaired) electrons. The van der Waals surface area contributed by atoms with Gasteiger partial charge in [-0.3, -0.25) is 0 Å². The fraction of sp³-hybridized carbons (Fsp3) is 0.636. The lowest BCUT2D eigenvalue weighted by Gasteiger charge is -2.22. The Kier molecular flexibility index (Phi) is 4.53. The summed E-state index contributed by atoms with van der Waals surface area (Å²) in [6.45, 7) is 7.51. The van der Waals surface area contributed by atoms with E-state index in [1.54, 1.807) is 6.20 Å². The molecule has 0 saturated carbocycles. The minimum Gasteiger partial charge on any atom is -0.314 e. The number of aromatic nitrogens is 2. The number of rotatable bonds is 5. The summed E-state index contributed by atoms with van der Waals surface area (Å²) in [5.41, 5.74) is 1.09. The van der Waals surface area contributed by atoms with Gasteiger partial charge in [0.15, 0.2) is 0 Å². The zero-order valence-corrected chi connectivity index (χ0v) is 9.20. The molecular formula is C11H19N3. The third-order valence-electron chi connectivity index (χ3n) is 2.54. The molecule has 2 atom stereocenters. The molecule has 0 aromatic carbocycles. The summed E-state index contributed by atoms with van der Waals surface area (Å²) in [7, 11) is 0. The largest absolute Gasteiger partial charge is 0.314 e. The van der Waals surface area contributed by atoms with Gasteiger partial charge in [-0.1, -0.05) is 13.8 Å². The number of hydrogen-bond donors (Lipinski definition) is 1. The molecule has 0 aliphatic carbocycles. The second-order valence-corrected chi connectivity index (χ2v) is 3.51. The Morgan fingerprint density at radius 1 is 1.43 bits per heavy atom. The molecule has 1 N–H and O–H groups in total. The lowest BCUT2D eigenvalue weighted by atomic mass is 9.94. The first-order chi connectivity index (χ1) is 6.79. The molecule has 0 bridgehead atoms. The Hall–Kier alpha value is -0.960. The standard InChI is InChI=1S/C11H19N3/c1-4-10(9(3)12-5-2)11-7-6-8-13-14-11/h6-10,12H,4-5H2,1-3H3. The van der Waals surface area contributed by atoms with Crippen molar-refractivity contribution >= 4 is 0 Å². The molecule has 0 spiro atoms. The van der Waals surface area contributed by atoms with Crippen molar-refractivity contribution in [1.82, 2.24) is 15.5 Å². The van der Waals surface area contributed by atoms with E-state index in [0.717, 1.165) is 18.7 Å². The van der Waals surface area contributed by atoms with Crippen molar-refractivity contribution in [1.29, 1.82) is 0 Å². The smallest absolute Gasteiger partial charge is 0.0677 e. The summed E-state index contributed by atoms with van der Waals surface area (Å²) >= 11 is 0. The van der Waals surface area contributed by atoms with E-state index in [9.17, 15) is 0 Å². The van der Waals surface area contributed by atoms with Crippen LogP contribution in [0.15, 0.2) is 18.3 Å². The molecule has 2 unspecified atom stereocenters. The van der Waals surface area contributed by atoms with Crippen molar-refractivity contribution in [2.75, 3.05) is 6.54 Å². The summed E-state index contributed by atoms with van der Waals surface area (Å²) in [5, 5.41) is 11.5. The maximum atomic E-state index is 4.16. The van der Waals surface area contributed by atoms with Crippen LogP contribution in [0.3, 0.4) is 0 Å². The van der Waals surface area contributed by atoms with E-state index < -0.39 is 0 Å². The number of nitrogens with zero attached hydrogens (tertiary/aromatic N) is 2. The summed E-state index contributed by atoms with van der Waals surface area (Å²) in [6, 6.07) is 4.46. The number of likely N-dealkylation sites (N-methyl/N-ethyl adjacent to an activating group) is 1. The lowest BCUT2D eigenvalue weighted by Crippen LogP contribution is -2.32. The lowest BCUT2D eigenvalue weighted by molar-refractivity contribution is 0.449. The Morgan fingerprint density at radius 3 is 2.71 bits per heavy atom. The predicted octanol–water partition coefficient (Wildman–Crippen LogP) is 1.97. The first-order valence-corrected chi connectivity index (χ1v) is 5.30. The van der Waals surface area contributed by atoms with E-state index in [4.69, 9.17) is 0 Å². The van der Waals surface area contributed by atoms with E-state index >= 15 is 0 Å². The molecule has 0 fully saturated rings. The van der Waals surface area contributed by atoms with Crippen LogP contribution in [0.1, 0.15) is 38.8 Å². The van der Waals surface area contributed by atoms with Crippen LogP contribution >= 0.6 is 0 Å². The maximum absolute atomic E-state index is 4.16. The summed E-state index contributed by atoms with van der Waals surface area (Å²) in [4.78, 5) is 0. The average Bonchev–Trinajstić information content (AvgIpc) is 2.21. The molecule has 0 aliphatic rings. The van der Waals surface area contributed by atoms with Gasteiger partial charge >= 0.3 is 0 Å². The molecule has 3 heteroatoms. The van der Waals surface area contributed by atoms with Crippen LogP contribution in [0.5, 0.6) is 0 Å². The van der Waals surface area contributed by atoms with E-state index in [1.807, 2.05) is 6.07 Å². The zero-order valence-electron chi connectivity index (χ0n) is 9.20. The van der Waals surface area contributed by atoms with Gasteiger partial charge in [0.25, 0.3) is 0 Å². The molecule has 1 heterocycles. The van der Waals surface area contributed by atoms with Crippen LogP contribution in [0.2, 0.25) is 0 Å². The van der Waals surface area contributed by atoms with Gasteiger partial charge in [0.05, 0.1) is 5.69 Å². The highest BCUT2D eigenvalue weighted by Gasteiger charge is 2.17. The van der Waals surface area contributed by atoms with Crippen molar-refractivity contribution in [2.24, 2.45) is 0 Å². The van der Waals surface area contributed by atoms with Gasteiger partial charge in [-0.2, -0.15) is 10.2 Å². The summed E-state index contributed by atoms with van der Waals surface area (Å²) in [6.07, 6.45) is 2.81. The second kappa shape index (κ2) is 5.70. The van der Waals surface area contributed by atoms with Gasteiger partial charge in [0.1, 0.15) is 0 Å². The average molecular weight is 193 g/mol. The first-order valence-electron chi connectivity index (χ1n) is 5.30. The van der Waals surface area contributed by atoms with Crippen molar-refractivity contribution in [2.45, 2.75) is 39.2 Å². The Labute approximate surface area is 85.9 Å². The molecule has 1 rings (SSSR count). The van der Waals surface area contributed by atoms with Gasteiger partial charge in [-0.15, -0.1) is 0 Å².